The first kappa shape index (κ1) is 11.3. The molecule has 0 unspecified atom stereocenters. The van der Waals surface area contributed by atoms with E-state index in [0.717, 1.165) is 0 Å². The van der Waals surface area contributed by atoms with Crippen molar-refractivity contribution in [3.05, 3.63) is 29.3 Å². The monoisotopic (exact) mass is 277 g/mol. The Morgan fingerprint density at radius 3 is 2.64 bits per heavy atom. The lowest BCUT2D eigenvalue weighted by molar-refractivity contribution is 0.169. The smallest absolute Gasteiger partial charge is 0.411 e. The van der Waals surface area contributed by atoms with Gasteiger partial charge >= 0.3 is 6.09 Å². The molecule has 0 saturated carbocycles. The Morgan fingerprint density at radius 1 is 1.43 bits per heavy atom. The van der Waals surface area contributed by atoms with Crippen molar-refractivity contribution in [3.63, 3.8) is 0 Å². The number of anilines is 1. The van der Waals surface area contributed by atoms with Gasteiger partial charge in [-0.15, -0.1) is 0 Å². The van der Waals surface area contributed by atoms with Crippen LogP contribution in [-0.4, -0.2) is 18.0 Å². The van der Waals surface area contributed by atoms with Crippen LogP contribution in [0.25, 0.3) is 0 Å². The SMILES string of the molecule is O=C(Nc1ccc(Cl)cc1)OCCBr. The summed E-state index contributed by atoms with van der Waals surface area (Å²) in [5.41, 5.74) is 0.661. The normalized spacial score (nSPS) is 9.57. The molecule has 5 heteroatoms. The molecule has 76 valence electrons. The second kappa shape index (κ2) is 5.88. The topological polar surface area (TPSA) is 38.3 Å². The molecule has 1 rings (SSSR count). The van der Waals surface area contributed by atoms with Crippen LogP contribution < -0.4 is 5.32 Å². The second-order valence-corrected chi connectivity index (χ2v) is 3.69. The van der Waals surface area contributed by atoms with Gasteiger partial charge in [0, 0.05) is 16.0 Å². The molecular weight excluding hydrogens is 269 g/mol. The Labute approximate surface area is 95.5 Å². The highest BCUT2D eigenvalue weighted by Gasteiger charge is 2.01. The van der Waals surface area contributed by atoms with E-state index in [1.54, 1.807) is 24.3 Å². The van der Waals surface area contributed by atoms with Crippen molar-refractivity contribution in [2.75, 3.05) is 17.3 Å². The fourth-order valence-electron chi connectivity index (χ4n) is 0.818. The number of benzene rings is 1. The first-order chi connectivity index (χ1) is 6.72. The third-order valence-corrected chi connectivity index (χ3v) is 1.98. The van der Waals surface area contributed by atoms with Gasteiger partial charge in [0.15, 0.2) is 0 Å². The molecule has 0 spiro atoms. The Balaban J connectivity index is 2.44. The Kier molecular flexibility index (Phi) is 4.76. The summed E-state index contributed by atoms with van der Waals surface area (Å²) in [5.74, 6) is 0. The van der Waals surface area contributed by atoms with E-state index < -0.39 is 6.09 Å². The largest absolute Gasteiger partial charge is 0.448 e. The average molecular weight is 279 g/mol. The van der Waals surface area contributed by atoms with Crippen molar-refractivity contribution in [2.45, 2.75) is 0 Å². The standard InChI is InChI=1S/C9H9BrClNO2/c10-5-6-14-9(13)12-8-3-1-7(11)2-4-8/h1-4H,5-6H2,(H,12,13). The molecule has 0 aliphatic carbocycles. The quantitative estimate of drug-likeness (QED) is 0.862. The number of alkyl halides is 1. The summed E-state index contributed by atoms with van der Waals surface area (Å²) in [6.45, 7) is 0.347. The molecule has 0 saturated heterocycles. The number of carbonyl (C=O) groups is 1. The van der Waals surface area contributed by atoms with Gasteiger partial charge in [-0.1, -0.05) is 27.5 Å². The molecule has 0 fully saturated rings. The number of hydrogen-bond donors (Lipinski definition) is 1. The van der Waals surface area contributed by atoms with Crippen molar-refractivity contribution < 1.29 is 9.53 Å². The summed E-state index contributed by atoms with van der Waals surface area (Å²) < 4.78 is 4.80. The van der Waals surface area contributed by atoms with Crippen LogP contribution in [0.15, 0.2) is 24.3 Å². The van der Waals surface area contributed by atoms with E-state index in [1.165, 1.54) is 0 Å². The van der Waals surface area contributed by atoms with Crippen LogP contribution in [0.3, 0.4) is 0 Å². The van der Waals surface area contributed by atoms with Crippen LogP contribution in [-0.2, 0) is 4.74 Å². The van der Waals surface area contributed by atoms with E-state index in [2.05, 4.69) is 21.2 Å². The minimum absolute atomic E-state index is 0.347. The zero-order valence-electron chi connectivity index (χ0n) is 7.30. The van der Waals surface area contributed by atoms with Gasteiger partial charge in [-0.2, -0.15) is 0 Å². The fraction of sp³-hybridized carbons (Fsp3) is 0.222. The predicted octanol–water partition coefficient (Wildman–Crippen LogP) is 3.28. The lowest BCUT2D eigenvalue weighted by Crippen LogP contribution is -2.14. The van der Waals surface area contributed by atoms with E-state index in [9.17, 15) is 4.79 Å². The summed E-state index contributed by atoms with van der Waals surface area (Å²) in [5, 5.41) is 3.82. The molecule has 14 heavy (non-hydrogen) atoms. The summed E-state index contributed by atoms with van der Waals surface area (Å²) in [4.78, 5) is 11.1. The first-order valence-corrected chi connectivity index (χ1v) is 5.47. The molecule has 0 heterocycles. The fourth-order valence-corrected chi connectivity index (χ4v) is 1.11. The highest BCUT2D eigenvalue weighted by molar-refractivity contribution is 9.09. The van der Waals surface area contributed by atoms with Gasteiger partial charge in [-0.25, -0.2) is 4.79 Å². The highest BCUT2D eigenvalue weighted by atomic mass is 79.9. The molecule has 1 aromatic rings. The number of ether oxygens (including phenoxy) is 1. The van der Waals surface area contributed by atoms with E-state index in [0.29, 0.717) is 22.6 Å². The Morgan fingerprint density at radius 2 is 2.07 bits per heavy atom. The summed E-state index contributed by atoms with van der Waals surface area (Å²) in [6.07, 6.45) is -0.466. The lowest BCUT2D eigenvalue weighted by atomic mass is 10.3. The van der Waals surface area contributed by atoms with Crippen LogP contribution in [0, 0.1) is 0 Å². The number of halogens is 2. The van der Waals surface area contributed by atoms with Crippen molar-refractivity contribution in [1.29, 1.82) is 0 Å². The molecule has 1 amide bonds. The van der Waals surface area contributed by atoms with Gasteiger partial charge in [0.2, 0.25) is 0 Å². The zero-order chi connectivity index (χ0) is 10.4. The molecule has 3 nitrogen and oxygen atoms in total. The predicted molar refractivity (Wildman–Crippen MR) is 60.2 cm³/mol. The van der Waals surface area contributed by atoms with Crippen molar-refractivity contribution >= 4 is 39.3 Å². The van der Waals surface area contributed by atoms with Gasteiger partial charge in [0.05, 0.1) is 0 Å². The molecule has 1 aromatic carbocycles. The Bertz CT molecular complexity index is 302. The van der Waals surface area contributed by atoms with Crippen LogP contribution in [0.2, 0.25) is 5.02 Å². The summed E-state index contributed by atoms with van der Waals surface area (Å²) in [6, 6.07) is 6.80. The van der Waals surface area contributed by atoms with Crippen molar-refractivity contribution in [1.82, 2.24) is 0 Å². The van der Waals surface area contributed by atoms with E-state index in [4.69, 9.17) is 16.3 Å². The third kappa shape index (κ3) is 3.98. The van der Waals surface area contributed by atoms with Crippen LogP contribution in [0.5, 0.6) is 0 Å². The minimum Gasteiger partial charge on any atom is -0.448 e. The van der Waals surface area contributed by atoms with Gasteiger partial charge in [-0.3, -0.25) is 5.32 Å². The summed E-state index contributed by atoms with van der Waals surface area (Å²) >= 11 is 8.83. The zero-order valence-corrected chi connectivity index (χ0v) is 9.64. The third-order valence-electron chi connectivity index (χ3n) is 1.40. The minimum atomic E-state index is -0.466. The molecule has 0 aliphatic heterocycles. The van der Waals surface area contributed by atoms with Crippen LogP contribution in [0.1, 0.15) is 0 Å². The van der Waals surface area contributed by atoms with Crippen LogP contribution >= 0.6 is 27.5 Å². The number of hydrogen-bond acceptors (Lipinski definition) is 2. The second-order valence-electron chi connectivity index (χ2n) is 2.46. The molecule has 0 atom stereocenters. The average Bonchev–Trinajstić information content (AvgIpc) is 2.18. The summed E-state index contributed by atoms with van der Waals surface area (Å²) in [7, 11) is 0. The van der Waals surface area contributed by atoms with Gasteiger partial charge in [0.1, 0.15) is 6.61 Å². The maximum Gasteiger partial charge on any atom is 0.411 e. The molecule has 1 N–H and O–H groups in total. The first-order valence-electron chi connectivity index (χ1n) is 3.97. The Hall–Kier alpha value is -0.740. The maximum atomic E-state index is 11.1. The van der Waals surface area contributed by atoms with Gasteiger partial charge in [0.25, 0.3) is 0 Å². The molecular formula is C9H9BrClNO2. The number of rotatable bonds is 3. The van der Waals surface area contributed by atoms with Crippen LogP contribution in [0.4, 0.5) is 10.5 Å². The highest BCUT2D eigenvalue weighted by Crippen LogP contribution is 2.13. The molecule has 0 radical (unpaired) electrons. The molecule has 0 bridgehead atoms. The van der Waals surface area contributed by atoms with Gasteiger partial charge in [-0.05, 0) is 24.3 Å². The molecule has 0 aromatic heterocycles. The maximum absolute atomic E-state index is 11.1. The lowest BCUT2D eigenvalue weighted by Gasteiger charge is -2.05. The van der Waals surface area contributed by atoms with E-state index >= 15 is 0 Å². The molecule has 0 aliphatic rings. The number of carbonyl (C=O) groups excluding carboxylic acids is 1. The van der Waals surface area contributed by atoms with E-state index in [1.807, 2.05) is 0 Å². The van der Waals surface area contributed by atoms with Crippen molar-refractivity contribution in [2.24, 2.45) is 0 Å². The number of amides is 1. The van der Waals surface area contributed by atoms with Gasteiger partial charge < -0.3 is 4.74 Å². The van der Waals surface area contributed by atoms with E-state index in [-0.39, 0.29) is 0 Å². The number of nitrogens with one attached hydrogen (secondary N) is 1. The van der Waals surface area contributed by atoms with Crippen molar-refractivity contribution in [3.8, 4) is 0 Å².